The normalized spacial score (nSPS) is 11.4. The van der Waals surface area contributed by atoms with Gasteiger partial charge in [0.05, 0.1) is 16.2 Å². The molecular weight excluding hydrogens is 354 g/mol. The van der Waals surface area contributed by atoms with E-state index in [1.54, 1.807) is 18.3 Å². The largest absolute Gasteiger partial charge is 0.370 e. The van der Waals surface area contributed by atoms with E-state index in [0.717, 1.165) is 43.0 Å². The van der Waals surface area contributed by atoms with Gasteiger partial charge in [-0.05, 0) is 37.1 Å². The molecule has 1 N–H and O–H groups in total. The Bertz CT molecular complexity index is 723. The number of rotatable bonds is 8. The third-order valence-corrected chi connectivity index (χ3v) is 6.23. The highest BCUT2D eigenvalue weighted by Crippen LogP contribution is 2.27. The zero-order chi connectivity index (χ0) is 16.9. The maximum absolute atomic E-state index is 12.2. The lowest BCUT2D eigenvalue weighted by Gasteiger charge is -2.23. The molecule has 5 nitrogen and oxygen atoms in total. The first-order valence-electron chi connectivity index (χ1n) is 7.45. The molecule has 0 fully saturated rings. The predicted octanol–water partition coefficient (Wildman–Crippen LogP) is 4.22. The summed E-state index contributed by atoms with van der Waals surface area (Å²) in [4.78, 5) is 6.46. The number of hydrogen-bond donors (Lipinski definition) is 1. The summed E-state index contributed by atoms with van der Waals surface area (Å²) < 4.78 is 27.5. The quantitative estimate of drug-likeness (QED) is 0.752. The van der Waals surface area contributed by atoms with Crippen LogP contribution in [0.2, 0.25) is 4.34 Å². The molecule has 23 heavy (non-hydrogen) atoms. The average Bonchev–Trinajstić information content (AvgIpc) is 2.95. The molecular formula is C15H20ClN3O2S2. The van der Waals surface area contributed by atoms with Crippen molar-refractivity contribution in [3.63, 3.8) is 0 Å². The van der Waals surface area contributed by atoms with Crippen molar-refractivity contribution in [2.45, 2.75) is 30.9 Å². The Balaban J connectivity index is 2.13. The Morgan fingerprint density at radius 3 is 2.35 bits per heavy atom. The molecule has 0 aliphatic rings. The van der Waals surface area contributed by atoms with E-state index >= 15 is 0 Å². The Morgan fingerprint density at radius 1 is 1.17 bits per heavy atom. The summed E-state index contributed by atoms with van der Waals surface area (Å²) in [6.45, 7) is 6.16. The van der Waals surface area contributed by atoms with Crippen molar-refractivity contribution in [3.8, 4) is 0 Å². The lowest BCUT2D eigenvalue weighted by Crippen LogP contribution is -2.25. The van der Waals surface area contributed by atoms with E-state index in [2.05, 4.69) is 28.5 Å². The van der Waals surface area contributed by atoms with Gasteiger partial charge in [0.25, 0.3) is 10.0 Å². The molecule has 126 valence electrons. The van der Waals surface area contributed by atoms with Crippen LogP contribution in [0.5, 0.6) is 0 Å². The number of nitrogens with zero attached hydrogens (tertiary/aromatic N) is 2. The van der Waals surface area contributed by atoms with Gasteiger partial charge in [-0.1, -0.05) is 25.4 Å². The van der Waals surface area contributed by atoms with Gasteiger partial charge < -0.3 is 4.90 Å². The Labute approximate surface area is 146 Å². The minimum absolute atomic E-state index is 0.173. The first-order chi connectivity index (χ1) is 11.0. The number of thiophene rings is 1. The van der Waals surface area contributed by atoms with Crippen molar-refractivity contribution in [2.75, 3.05) is 22.7 Å². The summed E-state index contributed by atoms with van der Waals surface area (Å²) >= 11 is 6.80. The summed E-state index contributed by atoms with van der Waals surface area (Å²) in [5.41, 5.74) is 0.996. The maximum atomic E-state index is 12.2. The van der Waals surface area contributed by atoms with Crippen LogP contribution in [-0.2, 0) is 10.0 Å². The highest BCUT2D eigenvalue weighted by molar-refractivity contribution is 7.94. The van der Waals surface area contributed by atoms with Gasteiger partial charge >= 0.3 is 0 Å². The summed E-state index contributed by atoms with van der Waals surface area (Å²) in [6.07, 6.45) is 3.80. The Kier molecular flexibility index (Phi) is 6.26. The average molecular weight is 374 g/mol. The molecule has 0 spiro atoms. The summed E-state index contributed by atoms with van der Waals surface area (Å²) in [7, 11) is -3.64. The predicted molar refractivity (Wildman–Crippen MR) is 97.2 cm³/mol. The van der Waals surface area contributed by atoms with Crippen molar-refractivity contribution in [1.29, 1.82) is 0 Å². The van der Waals surface area contributed by atoms with Crippen LogP contribution in [0, 0.1) is 0 Å². The molecule has 2 heterocycles. The fourth-order valence-electron chi connectivity index (χ4n) is 2.17. The van der Waals surface area contributed by atoms with Crippen molar-refractivity contribution in [2.24, 2.45) is 0 Å². The van der Waals surface area contributed by atoms with Gasteiger partial charge in [-0.3, -0.25) is 4.72 Å². The number of nitrogens with one attached hydrogen (secondary N) is 1. The fraction of sp³-hybridized carbons (Fsp3) is 0.400. The van der Waals surface area contributed by atoms with Gasteiger partial charge in [-0.25, -0.2) is 13.4 Å². The molecule has 0 aromatic carbocycles. The fourth-order valence-corrected chi connectivity index (χ4v) is 4.66. The number of hydrogen-bond acceptors (Lipinski definition) is 5. The van der Waals surface area contributed by atoms with Crippen LogP contribution in [0.25, 0.3) is 0 Å². The van der Waals surface area contributed by atoms with Crippen LogP contribution in [0.15, 0.2) is 34.7 Å². The van der Waals surface area contributed by atoms with Crippen LogP contribution >= 0.6 is 22.9 Å². The van der Waals surface area contributed by atoms with E-state index in [1.807, 2.05) is 6.07 Å². The van der Waals surface area contributed by atoms with E-state index in [0.29, 0.717) is 10.2 Å². The molecule has 0 aliphatic carbocycles. The minimum Gasteiger partial charge on any atom is -0.370 e. The number of sulfonamides is 1. The second kappa shape index (κ2) is 7.99. The molecule has 0 bridgehead atoms. The third-order valence-electron chi connectivity index (χ3n) is 3.15. The summed E-state index contributed by atoms with van der Waals surface area (Å²) in [6, 6.07) is 6.61. The summed E-state index contributed by atoms with van der Waals surface area (Å²) in [5, 5.41) is 0. The maximum Gasteiger partial charge on any atom is 0.272 e. The standard InChI is InChI=1S/C15H20ClN3O2S2/c1-3-9-19(10-4-2)12-5-7-14(17-11-12)18-23(20,21)15-8-6-13(16)22-15/h5-8,11H,3-4,9-10H2,1-2H3,(H,17,18). The SMILES string of the molecule is CCCN(CCC)c1ccc(NS(=O)(=O)c2ccc(Cl)s2)nc1. The molecule has 2 rings (SSSR count). The van der Waals surface area contributed by atoms with Gasteiger partial charge in [0, 0.05) is 13.1 Å². The zero-order valence-corrected chi connectivity index (χ0v) is 15.5. The molecule has 2 aromatic rings. The highest BCUT2D eigenvalue weighted by atomic mass is 35.5. The molecule has 0 unspecified atom stereocenters. The van der Waals surface area contributed by atoms with Gasteiger partial charge in [-0.15, -0.1) is 11.3 Å². The molecule has 0 saturated carbocycles. The van der Waals surface area contributed by atoms with Crippen LogP contribution in [-0.4, -0.2) is 26.5 Å². The Hall–Kier alpha value is -1.31. The minimum atomic E-state index is -3.64. The molecule has 0 atom stereocenters. The second-order valence-corrected chi connectivity index (χ2v) is 8.68. The smallest absolute Gasteiger partial charge is 0.272 e. The van der Waals surface area contributed by atoms with Crippen molar-refractivity contribution >= 4 is 44.5 Å². The van der Waals surface area contributed by atoms with E-state index in [4.69, 9.17) is 11.6 Å². The van der Waals surface area contributed by atoms with Gasteiger partial charge in [0.2, 0.25) is 0 Å². The van der Waals surface area contributed by atoms with E-state index in [-0.39, 0.29) is 4.21 Å². The molecule has 8 heteroatoms. The van der Waals surface area contributed by atoms with Crippen molar-refractivity contribution < 1.29 is 8.42 Å². The van der Waals surface area contributed by atoms with Gasteiger partial charge in [-0.2, -0.15) is 0 Å². The van der Waals surface area contributed by atoms with Crippen LogP contribution in [0.4, 0.5) is 11.5 Å². The molecule has 2 aromatic heterocycles. The van der Waals surface area contributed by atoms with E-state index in [1.165, 1.54) is 6.07 Å². The molecule has 0 amide bonds. The number of aromatic nitrogens is 1. The lowest BCUT2D eigenvalue weighted by molar-refractivity contribution is 0.603. The van der Waals surface area contributed by atoms with Crippen molar-refractivity contribution in [3.05, 3.63) is 34.8 Å². The monoisotopic (exact) mass is 373 g/mol. The van der Waals surface area contributed by atoms with Gasteiger partial charge in [0.15, 0.2) is 0 Å². The Morgan fingerprint density at radius 2 is 1.87 bits per heavy atom. The van der Waals surface area contributed by atoms with E-state index < -0.39 is 10.0 Å². The summed E-state index contributed by atoms with van der Waals surface area (Å²) in [5.74, 6) is 0.297. The third kappa shape index (κ3) is 4.83. The number of anilines is 2. The first kappa shape index (κ1) is 18.0. The molecule has 0 radical (unpaired) electrons. The first-order valence-corrected chi connectivity index (χ1v) is 10.1. The lowest BCUT2D eigenvalue weighted by atomic mass is 10.3. The van der Waals surface area contributed by atoms with Crippen LogP contribution in [0.1, 0.15) is 26.7 Å². The number of halogens is 1. The van der Waals surface area contributed by atoms with Gasteiger partial charge in [0.1, 0.15) is 10.0 Å². The molecule has 0 aliphatic heterocycles. The van der Waals surface area contributed by atoms with E-state index in [9.17, 15) is 8.42 Å². The number of pyridine rings is 1. The zero-order valence-electron chi connectivity index (χ0n) is 13.1. The topological polar surface area (TPSA) is 62.3 Å². The van der Waals surface area contributed by atoms with Crippen LogP contribution in [0.3, 0.4) is 0 Å². The van der Waals surface area contributed by atoms with Crippen molar-refractivity contribution in [1.82, 2.24) is 4.98 Å². The highest BCUT2D eigenvalue weighted by Gasteiger charge is 2.17. The second-order valence-electron chi connectivity index (χ2n) is 5.05. The molecule has 0 saturated heterocycles. The van der Waals surface area contributed by atoms with Crippen LogP contribution < -0.4 is 9.62 Å².